The molecule has 2 aliphatic rings. The van der Waals surface area contributed by atoms with Gasteiger partial charge in [0.15, 0.2) is 0 Å². The van der Waals surface area contributed by atoms with E-state index in [0.717, 1.165) is 6.54 Å². The molecule has 184 valence electrons. The van der Waals surface area contributed by atoms with Crippen LogP contribution in [0.1, 0.15) is 52.0 Å². The van der Waals surface area contributed by atoms with Gasteiger partial charge in [0, 0.05) is 37.2 Å². The second-order valence-corrected chi connectivity index (χ2v) is 11.6. The van der Waals surface area contributed by atoms with Crippen LogP contribution >= 0.6 is 0 Å². The summed E-state index contributed by atoms with van der Waals surface area (Å²) < 4.78 is 34.8. The second-order valence-electron chi connectivity index (χ2n) is 9.72. The highest BCUT2D eigenvalue weighted by atomic mass is 32.2. The fraction of sp³-hybridized carbons (Fsp3) is 0.680. The maximum Gasteiger partial charge on any atom is 0.247 e. The highest BCUT2D eigenvalue weighted by Gasteiger charge is 2.38. The molecule has 2 N–H and O–H groups in total. The first-order valence-corrected chi connectivity index (χ1v) is 13.4. The standard InChI is InChI=1S/C25H38N2O5S/c1-18-14-27(19(2)17-28)33(30,31)25-12-11-21(10-9-20(3)29)13-23(25)32-24(18)16-26(4)15-22-7-5-6-8-22/h11-13,18-20,22,24,28-29H,5-8,14-17H2,1-4H3/t18-,19-,20+,24+/m1/s1. The van der Waals surface area contributed by atoms with Crippen molar-refractivity contribution in [3.8, 4) is 17.6 Å². The third-order valence-electron chi connectivity index (χ3n) is 6.63. The summed E-state index contributed by atoms with van der Waals surface area (Å²) in [5.41, 5.74) is 0.581. The Morgan fingerprint density at radius 3 is 2.58 bits per heavy atom. The molecule has 1 aromatic rings. The van der Waals surface area contributed by atoms with Gasteiger partial charge in [-0.1, -0.05) is 31.6 Å². The zero-order valence-electron chi connectivity index (χ0n) is 20.2. The highest BCUT2D eigenvalue weighted by Crippen LogP contribution is 2.34. The van der Waals surface area contributed by atoms with Gasteiger partial charge in [0.05, 0.1) is 6.61 Å². The van der Waals surface area contributed by atoms with Gasteiger partial charge in [-0.15, -0.1) is 0 Å². The van der Waals surface area contributed by atoms with E-state index in [1.165, 1.54) is 36.1 Å². The van der Waals surface area contributed by atoms with Crippen LogP contribution in [0.5, 0.6) is 5.75 Å². The molecule has 0 bridgehead atoms. The fourth-order valence-electron chi connectivity index (χ4n) is 4.72. The number of benzene rings is 1. The molecule has 7 nitrogen and oxygen atoms in total. The van der Waals surface area contributed by atoms with Gasteiger partial charge in [0.2, 0.25) is 10.0 Å². The zero-order valence-corrected chi connectivity index (χ0v) is 21.0. The lowest BCUT2D eigenvalue weighted by Gasteiger charge is -2.38. The Morgan fingerprint density at radius 1 is 1.24 bits per heavy atom. The van der Waals surface area contributed by atoms with Gasteiger partial charge >= 0.3 is 0 Å². The lowest BCUT2D eigenvalue weighted by molar-refractivity contribution is 0.0712. The Balaban J connectivity index is 1.96. The normalized spacial score (nSPS) is 25.3. The summed E-state index contributed by atoms with van der Waals surface area (Å²) in [7, 11) is -1.77. The van der Waals surface area contributed by atoms with E-state index in [0.29, 0.717) is 18.0 Å². The third-order valence-corrected chi connectivity index (χ3v) is 8.65. The third kappa shape index (κ3) is 6.49. The predicted octanol–water partition coefficient (Wildman–Crippen LogP) is 2.31. The van der Waals surface area contributed by atoms with Crippen molar-refractivity contribution in [1.29, 1.82) is 0 Å². The zero-order chi connectivity index (χ0) is 24.2. The van der Waals surface area contributed by atoms with Gasteiger partial charge in [-0.25, -0.2) is 8.42 Å². The molecule has 1 aliphatic heterocycles. The van der Waals surface area contributed by atoms with E-state index in [4.69, 9.17) is 4.74 Å². The number of nitrogens with zero attached hydrogens (tertiary/aromatic N) is 2. The van der Waals surface area contributed by atoms with Crippen LogP contribution in [0.3, 0.4) is 0 Å². The number of rotatable bonds is 6. The van der Waals surface area contributed by atoms with Gasteiger partial charge in [-0.05, 0) is 57.9 Å². The fourth-order valence-corrected chi connectivity index (χ4v) is 6.55. The monoisotopic (exact) mass is 478 g/mol. The van der Waals surface area contributed by atoms with E-state index < -0.39 is 22.2 Å². The van der Waals surface area contributed by atoms with Crippen molar-refractivity contribution in [2.24, 2.45) is 11.8 Å². The first kappa shape index (κ1) is 26.0. The number of likely N-dealkylation sites (N-methyl/N-ethyl adjacent to an activating group) is 1. The van der Waals surface area contributed by atoms with Gasteiger partial charge < -0.3 is 19.8 Å². The van der Waals surface area contributed by atoms with E-state index in [-0.39, 0.29) is 35.8 Å². The summed E-state index contributed by atoms with van der Waals surface area (Å²) in [5, 5.41) is 19.3. The van der Waals surface area contributed by atoms with E-state index in [1.54, 1.807) is 26.0 Å². The number of hydrogen-bond donors (Lipinski definition) is 2. The molecule has 8 heteroatoms. The van der Waals surface area contributed by atoms with E-state index in [2.05, 4.69) is 23.8 Å². The van der Waals surface area contributed by atoms with Crippen LogP contribution in [0.15, 0.2) is 23.1 Å². The molecule has 0 aromatic heterocycles. The molecule has 0 spiro atoms. The average Bonchev–Trinajstić information content (AvgIpc) is 3.27. The number of sulfonamides is 1. The number of aliphatic hydroxyl groups excluding tert-OH is 2. The molecular formula is C25H38N2O5S. The van der Waals surface area contributed by atoms with Crippen LogP contribution in [-0.2, 0) is 10.0 Å². The van der Waals surface area contributed by atoms with Crippen molar-refractivity contribution in [3.63, 3.8) is 0 Å². The molecule has 0 saturated heterocycles. The van der Waals surface area contributed by atoms with Crippen LogP contribution in [-0.4, -0.2) is 79.4 Å². The molecule has 0 amide bonds. The van der Waals surface area contributed by atoms with Gasteiger partial charge in [0.1, 0.15) is 22.9 Å². The Morgan fingerprint density at radius 2 is 1.94 bits per heavy atom. The minimum atomic E-state index is -3.87. The largest absolute Gasteiger partial charge is 0.487 e. The summed E-state index contributed by atoms with van der Waals surface area (Å²) >= 11 is 0. The highest BCUT2D eigenvalue weighted by molar-refractivity contribution is 7.89. The summed E-state index contributed by atoms with van der Waals surface area (Å²) in [6.45, 7) is 7.00. The number of fused-ring (bicyclic) bond motifs is 1. The molecular weight excluding hydrogens is 440 g/mol. The molecule has 0 unspecified atom stereocenters. The molecule has 1 heterocycles. The molecule has 1 fully saturated rings. The smallest absolute Gasteiger partial charge is 0.247 e. The number of aliphatic hydroxyl groups is 2. The maximum absolute atomic E-state index is 13.5. The van der Waals surface area contributed by atoms with Crippen LogP contribution in [0, 0.1) is 23.7 Å². The first-order chi connectivity index (χ1) is 15.6. The SMILES string of the molecule is C[C@H](O)C#Cc1ccc2c(c1)O[C@@H](CN(C)CC1CCCC1)[C@H](C)CN([C@H](C)CO)S2(=O)=O. The van der Waals surface area contributed by atoms with Crippen molar-refractivity contribution < 1.29 is 23.4 Å². The van der Waals surface area contributed by atoms with Crippen molar-refractivity contribution in [2.75, 3.05) is 33.3 Å². The van der Waals surface area contributed by atoms with Crippen molar-refractivity contribution in [2.45, 2.75) is 69.6 Å². The van der Waals surface area contributed by atoms with Crippen LogP contribution in [0.2, 0.25) is 0 Å². The van der Waals surface area contributed by atoms with E-state index in [1.807, 2.05) is 6.92 Å². The molecule has 1 saturated carbocycles. The van der Waals surface area contributed by atoms with Crippen molar-refractivity contribution in [3.05, 3.63) is 23.8 Å². The van der Waals surface area contributed by atoms with Crippen LogP contribution in [0.25, 0.3) is 0 Å². The average molecular weight is 479 g/mol. The molecule has 33 heavy (non-hydrogen) atoms. The van der Waals surface area contributed by atoms with E-state index in [9.17, 15) is 18.6 Å². The van der Waals surface area contributed by atoms with Gasteiger partial charge in [-0.3, -0.25) is 0 Å². The summed E-state index contributed by atoms with van der Waals surface area (Å²) in [4.78, 5) is 2.38. The quantitative estimate of drug-likeness (QED) is 0.610. The summed E-state index contributed by atoms with van der Waals surface area (Å²) in [6, 6.07) is 4.24. The predicted molar refractivity (Wildman–Crippen MR) is 128 cm³/mol. The Bertz CT molecular complexity index is 963. The maximum atomic E-state index is 13.5. The van der Waals surface area contributed by atoms with Crippen LogP contribution < -0.4 is 4.74 Å². The van der Waals surface area contributed by atoms with Crippen LogP contribution in [0.4, 0.5) is 0 Å². The topological polar surface area (TPSA) is 90.3 Å². The van der Waals surface area contributed by atoms with E-state index >= 15 is 0 Å². The molecule has 0 radical (unpaired) electrons. The minimum absolute atomic E-state index is 0.0832. The minimum Gasteiger partial charge on any atom is -0.487 e. The summed E-state index contributed by atoms with van der Waals surface area (Å²) in [5.74, 6) is 6.47. The van der Waals surface area contributed by atoms with Gasteiger partial charge in [-0.2, -0.15) is 4.31 Å². The Labute approximate surface area is 198 Å². The lowest BCUT2D eigenvalue weighted by atomic mass is 10.0. The molecule has 4 atom stereocenters. The van der Waals surface area contributed by atoms with Crippen molar-refractivity contribution in [1.82, 2.24) is 9.21 Å². The molecule has 3 rings (SSSR count). The second kappa shape index (κ2) is 11.2. The van der Waals surface area contributed by atoms with Gasteiger partial charge in [0.25, 0.3) is 0 Å². The Hall–Kier alpha value is -1.63. The van der Waals surface area contributed by atoms with Crippen molar-refractivity contribution >= 4 is 10.0 Å². The first-order valence-electron chi connectivity index (χ1n) is 11.9. The molecule has 1 aromatic carbocycles. The number of ether oxygens (including phenoxy) is 1. The molecule has 1 aliphatic carbocycles. The summed E-state index contributed by atoms with van der Waals surface area (Å²) in [6.07, 6.45) is 4.11. The lowest BCUT2D eigenvalue weighted by Crippen LogP contribution is -2.49. The Kier molecular flexibility index (Phi) is 8.82. The number of hydrogen-bond acceptors (Lipinski definition) is 6.